The maximum Gasteiger partial charge on any atom is 0.138 e. The van der Waals surface area contributed by atoms with Crippen molar-refractivity contribution in [1.29, 1.82) is 0 Å². The van der Waals surface area contributed by atoms with Crippen LogP contribution in [0.1, 0.15) is 44.2 Å². The minimum atomic E-state index is -0.608. The molecule has 0 radical (unpaired) electrons. The summed E-state index contributed by atoms with van der Waals surface area (Å²) in [6.07, 6.45) is 4.18. The van der Waals surface area contributed by atoms with E-state index in [1.54, 1.807) is 13.1 Å². The van der Waals surface area contributed by atoms with Crippen LogP contribution in [-0.4, -0.2) is 25.7 Å². The number of nitrogens with two attached hydrogens (primary N) is 1. The van der Waals surface area contributed by atoms with Gasteiger partial charge in [0.2, 0.25) is 0 Å². The normalized spacial score (nSPS) is 23.4. The average Bonchev–Trinajstić information content (AvgIpc) is 3.10. The molecule has 4 rings (SSSR count). The lowest BCUT2D eigenvalue weighted by Gasteiger charge is -2.18. The number of para-hydroxylation sites is 1. The fraction of sp³-hybridized carbons (Fsp3) is 0.412. The molecule has 0 bridgehead atoms. The van der Waals surface area contributed by atoms with E-state index >= 15 is 0 Å². The second kappa shape index (κ2) is 5.04. The topological polar surface area (TPSA) is 77.0 Å². The number of pyridine rings is 1. The van der Waals surface area contributed by atoms with Crippen LogP contribution in [-0.2, 0) is 0 Å². The number of fused-ring (bicyclic) bond motifs is 3. The number of aliphatic hydroxyl groups excluding tert-OH is 1. The largest absolute Gasteiger partial charge is 0.385 e. The molecular weight excluding hydrogens is 276 g/mol. The zero-order valence-electron chi connectivity index (χ0n) is 12.6. The molecule has 1 aliphatic carbocycles. The summed E-state index contributed by atoms with van der Waals surface area (Å²) in [5.41, 5.74) is 8.97. The molecule has 1 aliphatic rings. The lowest BCUT2D eigenvalue weighted by atomic mass is 10.1. The van der Waals surface area contributed by atoms with Gasteiger partial charge in [0.1, 0.15) is 17.4 Å². The van der Waals surface area contributed by atoms with Gasteiger partial charge in [0, 0.05) is 17.5 Å². The molecule has 1 saturated carbocycles. The molecule has 5 heteroatoms. The smallest absolute Gasteiger partial charge is 0.138 e. The van der Waals surface area contributed by atoms with Crippen molar-refractivity contribution >= 4 is 21.9 Å². The van der Waals surface area contributed by atoms with E-state index in [2.05, 4.69) is 20.6 Å². The molecule has 114 valence electrons. The quantitative estimate of drug-likeness (QED) is 0.762. The van der Waals surface area contributed by atoms with Crippen molar-refractivity contribution in [2.24, 2.45) is 5.73 Å². The molecule has 0 saturated heterocycles. The van der Waals surface area contributed by atoms with Gasteiger partial charge in [-0.3, -0.25) is 4.98 Å². The zero-order valence-corrected chi connectivity index (χ0v) is 12.6. The Morgan fingerprint density at radius 3 is 2.82 bits per heavy atom. The summed E-state index contributed by atoms with van der Waals surface area (Å²) in [7, 11) is 0. The monoisotopic (exact) mass is 296 g/mol. The third-order valence-corrected chi connectivity index (χ3v) is 4.63. The number of aliphatic hydroxyl groups is 1. The molecule has 0 amide bonds. The van der Waals surface area contributed by atoms with Gasteiger partial charge < -0.3 is 15.4 Å². The number of benzene rings is 1. The summed E-state index contributed by atoms with van der Waals surface area (Å²) in [5.74, 6) is 0.715. The molecule has 2 unspecified atom stereocenters. The van der Waals surface area contributed by atoms with E-state index in [4.69, 9.17) is 5.73 Å². The van der Waals surface area contributed by atoms with Crippen LogP contribution in [0, 0.1) is 0 Å². The summed E-state index contributed by atoms with van der Waals surface area (Å²) in [5, 5.41) is 11.3. The van der Waals surface area contributed by atoms with Crippen LogP contribution in [0.25, 0.3) is 21.9 Å². The summed E-state index contributed by atoms with van der Waals surface area (Å²) in [6.45, 7) is 1.77. The van der Waals surface area contributed by atoms with Crippen LogP contribution in [0.3, 0.4) is 0 Å². The van der Waals surface area contributed by atoms with Gasteiger partial charge in [-0.15, -0.1) is 0 Å². The molecule has 3 aromatic rings. The average molecular weight is 296 g/mol. The number of nitrogens with zero attached hydrogens (tertiary/aromatic N) is 3. The highest BCUT2D eigenvalue weighted by Crippen LogP contribution is 2.36. The first-order chi connectivity index (χ1) is 10.6. The summed E-state index contributed by atoms with van der Waals surface area (Å²) < 4.78 is 2.21. The van der Waals surface area contributed by atoms with E-state index in [1.165, 1.54) is 0 Å². The summed E-state index contributed by atoms with van der Waals surface area (Å²) in [6, 6.07) is 8.62. The standard InChI is InChI=1S/C17H20N4O/c1-10(22)17-20-15-9-19-14-5-3-2-4-13(14)16(15)21(17)12-7-6-11(18)8-12/h2-5,9-12,22H,6-8,18H2,1H3/t10-,11?,12?/m1/s1. The van der Waals surface area contributed by atoms with E-state index in [0.29, 0.717) is 11.9 Å². The Balaban J connectivity index is 2.05. The predicted molar refractivity (Wildman–Crippen MR) is 86.5 cm³/mol. The van der Waals surface area contributed by atoms with Gasteiger partial charge in [0.25, 0.3) is 0 Å². The minimum absolute atomic E-state index is 0.234. The van der Waals surface area contributed by atoms with E-state index in [0.717, 1.165) is 41.2 Å². The maximum atomic E-state index is 10.2. The van der Waals surface area contributed by atoms with Crippen molar-refractivity contribution in [2.75, 3.05) is 0 Å². The molecular formula is C17H20N4O. The SMILES string of the molecule is C[C@@H](O)c1nc2cnc3ccccc3c2n1C1CCC(N)C1. The molecule has 1 aromatic carbocycles. The fourth-order valence-corrected chi connectivity index (χ4v) is 3.63. The predicted octanol–water partition coefficient (Wildman–Crippen LogP) is 2.69. The van der Waals surface area contributed by atoms with Crippen molar-refractivity contribution in [3.05, 3.63) is 36.3 Å². The number of hydrogen-bond donors (Lipinski definition) is 2. The molecule has 2 heterocycles. The first-order valence-corrected chi connectivity index (χ1v) is 7.84. The third kappa shape index (κ3) is 2.01. The second-order valence-electron chi connectivity index (χ2n) is 6.25. The Bertz CT molecular complexity index is 839. The van der Waals surface area contributed by atoms with Crippen molar-refractivity contribution in [3.8, 4) is 0 Å². The molecule has 0 aliphatic heterocycles. The van der Waals surface area contributed by atoms with Gasteiger partial charge in [0.05, 0.1) is 17.2 Å². The molecule has 1 fully saturated rings. The van der Waals surface area contributed by atoms with Gasteiger partial charge in [-0.05, 0) is 32.3 Å². The fourth-order valence-electron chi connectivity index (χ4n) is 3.63. The van der Waals surface area contributed by atoms with Crippen LogP contribution in [0.15, 0.2) is 30.5 Å². The first kappa shape index (κ1) is 13.7. The van der Waals surface area contributed by atoms with Crippen LogP contribution >= 0.6 is 0 Å². The molecule has 2 aromatic heterocycles. The zero-order chi connectivity index (χ0) is 15.3. The van der Waals surface area contributed by atoms with Crippen molar-refractivity contribution in [3.63, 3.8) is 0 Å². The molecule has 3 atom stereocenters. The minimum Gasteiger partial charge on any atom is -0.385 e. The van der Waals surface area contributed by atoms with Crippen LogP contribution in [0.5, 0.6) is 0 Å². The molecule has 3 N–H and O–H groups in total. The molecule has 5 nitrogen and oxygen atoms in total. The Morgan fingerprint density at radius 1 is 1.27 bits per heavy atom. The first-order valence-electron chi connectivity index (χ1n) is 7.84. The molecule has 0 spiro atoms. The highest BCUT2D eigenvalue weighted by Gasteiger charge is 2.28. The number of imidazole rings is 1. The number of hydrogen-bond acceptors (Lipinski definition) is 4. The van der Waals surface area contributed by atoms with E-state index in [-0.39, 0.29) is 6.04 Å². The third-order valence-electron chi connectivity index (χ3n) is 4.63. The Labute approximate surface area is 128 Å². The number of rotatable bonds is 2. The van der Waals surface area contributed by atoms with Crippen molar-refractivity contribution < 1.29 is 5.11 Å². The van der Waals surface area contributed by atoms with Crippen LogP contribution in [0.2, 0.25) is 0 Å². The Hall–Kier alpha value is -1.98. The maximum absolute atomic E-state index is 10.2. The highest BCUT2D eigenvalue weighted by molar-refractivity contribution is 6.02. The summed E-state index contributed by atoms with van der Waals surface area (Å²) in [4.78, 5) is 9.12. The van der Waals surface area contributed by atoms with E-state index in [9.17, 15) is 5.11 Å². The number of aromatic nitrogens is 3. The van der Waals surface area contributed by atoms with Gasteiger partial charge in [-0.1, -0.05) is 18.2 Å². The van der Waals surface area contributed by atoms with Crippen molar-refractivity contribution in [1.82, 2.24) is 14.5 Å². The lowest BCUT2D eigenvalue weighted by molar-refractivity contribution is 0.181. The second-order valence-corrected chi connectivity index (χ2v) is 6.25. The van der Waals surface area contributed by atoms with Gasteiger partial charge in [-0.2, -0.15) is 0 Å². The lowest BCUT2D eigenvalue weighted by Crippen LogP contribution is -2.17. The Morgan fingerprint density at radius 2 is 2.09 bits per heavy atom. The van der Waals surface area contributed by atoms with Gasteiger partial charge in [0.15, 0.2) is 0 Å². The van der Waals surface area contributed by atoms with Gasteiger partial charge >= 0.3 is 0 Å². The van der Waals surface area contributed by atoms with Crippen LogP contribution < -0.4 is 5.73 Å². The van der Waals surface area contributed by atoms with E-state index in [1.807, 2.05) is 18.2 Å². The van der Waals surface area contributed by atoms with E-state index < -0.39 is 6.10 Å². The van der Waals surface area contributed by atoms with Crippen LogP contribution in [0.4, 0.5) is 0 Å². The van der Waals surface area contributed by atoms with Crippen molar-refractivity contribution in [2.45, 2.75) is 44.4 Å². The summed E-state index contributed by atoms with van der Waals surface area (Å²) >= 11 is 0. The van der Waals surface area contributed by atoms with Gasteiger partial charge in [-0.25, -0.2) is 4.98 Å². The highest BCUT2D eigenvalue weighted by atomic mass is 16.3. The Kier molecular flexibility index (Phi) is 3.13. The molecule has 22 heavy (non-hydrogen) atoms.